The predicted octanol–water partition coefficient (Wildman–Crippen LogP) is 4.00. The van der Waals surface area contributed by atoms with Crippen LogP contribution in [0.3, 0.4) is 0 Å². The Bertz CT molecular complexity index is 703. The Morgan fingerprint density at radius 2 is 2.14 bits per heavy atom. The molecule has 1 heterocycles. The summed E-state index contributed by atoms with van der Waals surface area (Å²) < 4.78 is 0.812. The highest BCUT2D eigenvalue weighted by Crippen LogP contribution is 2.27. The number of benzene rings is 2. The smallest absolute Gasteiger partial charge is 0.255 e. The van der Waals surface area contributed by atoms with E-state index < -0.39 is 0 Å². The maximum absolute atomic E-state index is 12.6. The van der Waals surface area contributed by atoms with Crippen molar-refractivity contribution in [2.45, 2.75) is 13.0 Å². The Morgan fingerprint density at radius 1 is 1.29 bits per heavy atom. The van der Waals surface area contributed by atoms with Crippen LogP contribution >= 0.6 is 27.5 Å². The molecule has 3 nitrogen and oxygen atoms in total. The first kappa shape index (κ1) is 14.6. The molecule has 0 bridgehead atoms. The highest BCUT2D eigenvalue weighted by Gasteiger charge is 2.17. The second-order valence-corrected chi connectivity index (χ2v) is 6.24. The summed E-state index contributed by atoms with van der Waals surface area (Å²) in [4.78, 5) is 12.6. The summed E-state index contributed by atoms with van der Waals surface area (Å²) in [5.41, 5.74) is 3.74. The van der Waals surface area contributed by atoms with Crippen LogP contribution in [0.1, 0.15) is 21.5 Å². The Kier molecular flexibility index (Phi) is 4.29. The van der Waals surface area contributed by atoms with Crippen LogP contribution in [0.2, 0.25) is 5.02 Å². The zero-order valence-electron chi connectivity index (χ0n) is 11.2. The molecule has 0 saturated carbocycles. The second kappa shape index (κ2) is 6.18. The molecule has 0 saturated heterocycles. The van der Waals surface area contributed by atoms with Crippen LogP contribution < -0.4 is 10.6 Å². The Morgan fingerprint density at radius 3 is 3.00 bits per heavy atom. The molecule has 1 amide bonds. The summed E-state index contributed by atoms with van der Waals surface area (Å²) in [5, 5.41) is 6.83. The van der Waals surface area contributed by atoms with Gasteiger partial charge < -0.3 is 10.6 Å². The zero-order chi connectivity index (χ0) is 14.8. The number of nitrogens with one attached hydrogen (secondary N) is 2. The van der Waals surface area contributed by atoms with E-state index in [9.17, 15) is 4.79 Å². The van der Waals surface area contributed by atoms with Gasteiger partial charge in [0.05, 0.1) is 5.69 Å². The van der Waals surface area contributed by atoms with Gasteiger partial charge in [-0.25, -0.2) is 0 Å². The number of amides is 1. The average Bonchev–Trinajstić information content (AvgIpc) is 2.50. The topological polar surface area (TPSA) is 41.1 Å². The van der Waals surface area contributed by atoms with Gasteiger partial charge in [0, 0.05) is 21.6 Å². The summed E-state index contributed by atoms with van der Waals surface area (Å²) >= 11 is 9.40. The third-order valence-electron chi connectivity index (χ3n) is 3.56. The van der Waals surface area contributed by atoms with Crippen molar-refractivity contribution in [1.82, 2.24) is 5.32 Å². The van der Waals surface area contributed by atoms with Gasteiger partial charge in [-0.2, -0.15) is 0 Å². The van der Waals surface area contributed by atoms with Crippen LogP contribution in [0.25, 0.3) is 0 Å². The van der Waals surface area contributed by atoms with E-state index >= 15 is 0 Å². The molecular weight excluding hydrogens is 352 g/mol. The molecule has 0 fully saturated rings. The zero-order valence-corrected chi connectivity index (χ0v) is 13.6. The molecule has 0 aliphatic carbocycles. The van der Waals surface area contributed by atoms with Crippen molar-refractivity contribution >= 4 is 39.1 Å². The molecule has 3 rings (SSSR count). The number of fused-ring (bicyclic) bond motifs is 1. The fourth-order valence-electron chi connectivity index (χ4n) is 2.53. The van der Waals surface area contributed by atoms with Crippen LogP contribution in [0.5, 0.6) is 0 Å². The summed E-state index contributed by atoms with van der Waals surface area (Å²) in [7, 11) is 0. The van der Waals surface area contributed by atoms with E-state index in [2.05, 4.69) is 32.6 Å². The number of carbonyl (C=O) groups excluding carboxylic acids is 1. The number of hydrogen-bond acceptors (Lipinski definition) is 2. The molecule has 1 aliphatic heterocycles. The van der Waals surface area contributed by atoms with Crippen molar-refractivity contribution in [2.24, 2.45) is 0 Å². The van der Waals surface area contributed by atoms with Crippen LogP contribution in [0.4, 0.5) is 5.69 Å². The van der Waals surface area contributed by atoms with Gasteiger partial charge in [-0.05, 0) is 64.3 Å². The minimum absolute atomic E-state index is 0.100. The van der Waals surface area contributed by atoms with Crippen molar-refractivity contribution in [3.63, 3.8) is 0 Å². The van der Waals surface area contributed by atoms with E-state index in [1.165, 1.54) is 5.56 Å². The average molecular weight is 366 g/mol. The van der Waals surface area contributed by atoms with E-state index in [1.807, 2.05) is 18.2 Å². The minimum atomic E-state index is -0.100. The molecule has 5 heteroatoms. The first-order valence-electron chi connectivity index (χ1n) is 6.73. The van der Waals surface area contributed by atoms with Gasteiger partial charge >= 0.3 is 0 Å². The van der Waals surface area contributed by atoms with Crippen LogP contribution in [-0.2, 0) is 13.0 Å². The quantitative estimate of drug-likeness (QED) is 0.844. The fourth-order valence-corrected chi connectivity index (χ4v) is 3.05. The first-order valence-corrected chi connectivity index (χ1v) is 7.90. The fraction of sp³-hybridized carbons (Fsp3) is 0.188. The van der Waals surface area contributed by atoms with Gasteiger partial charge in [0.25, 0.3) is 5.91 Å². The molecular formula is C16H14BrClN2O. The normalized spacial score (nSPS) is 13.6. The highest BCUT2D eigenvalue weighted by atomic mass is 79.9. The number of hydrogen-bond donors (Lipinski definition) is 2. The lowest BCUT2D eigenvalue weighted by Crippen LogP contribution is -2.26. The minimum Gasteiger partial charge on any atom is -0.321 e. The van der Waals surface area contributed by atoms with E-state index in [0.29, 0.717) is 10.7 Å². The van der Waals surface area contributed by atoms with Gasteiger partial charge in [-0.3, -0.25) is 4.79 Å². The maximum Gasteiger partial charge on any atom is 0.255 e. The monoisotopic (exact) mass is 364 g/mol. The van der Waals surface area contributed by atoms with Crippen molar-refractivity contribution in [1.29, 1.82) is 0 Å². The largest absolute Gasteiger partial charge is 0.321 e. The summed E-state index contributed by atoms with van der Waals surface area (Å²) in [5.74, 6) is -0.100. The summed E-state index contributed by atoms with van der Waals surface area (Å²) in [6.07, 6.45) is 0.871. The standard InChI is InChI=1S/C16H14BrClN2O/c17-14-5-4-11(18)8-15(14)20-16(21)13-3-1-2-10-9-19-7-6-12(10)13/h1-5,8,19H,6-7,9H2,(H,20,21). The lowest BCUT2D eigenvalue weighted by atomic mass is 9.95. The van der Waals surface area contributed by atoms with Crippen molar-refractivity contribution < 1.29 is 4.79 Å². The molecule has 1 aliphatic rings. The molecule has 2 N–H and O–H groups in total. The van der Waals surface area contributed by atoms with Gasteiger partial charge in [0.1, 0.15) is 0 Å². The van der Waals surface area contributed by atoms with Crippen molar-refractivity contribution in [3.05, 3.63) is 62.6 Å². The van der Waals surface area contributed by atoms with Gasteiger partial charge in [0.2, 0.25) is 0 Å². The molecule has 0 spiro atoms. The molecule has 21 heavy (non-hydrogen) atoms. The molecule has 0 aromatic heterocycles. The lowest BCUT2D eigenvalue weighted by molar-refractivity contribution is 0.102. The molecule has 2 aromatic carbocycles. The predicted molar refractivity (Wildman–Crippen MR) is 89.0 cm³/mol. The summed E-state index contributed by atoms with van der Waals surface area (Å²) in [6.45, 7) is 1.72. The molecule has 108 valence electrons. The molecule has 0 radical (unpaired) electrons. The van der Waals surface area contributed by atoms with E-state index in [1.54, 1.807) is 12.1 Å². The summed E-state index contributed by atoms with van der Waals surface area (Å²) in [6, 6.07) is 11.2. The first-order chi connectivity index (χ1) is 10.1. The number of halogens is 2. The van der Waals surface area contributed by atoms with Gasteiger partial charge in [-0.15, -0.1) is 0 Å². The highest BCUT2D eigenvalue weighted by molar-refractivity contribution is 9.10. The van der Waals surface area contributed by atoms with Gasteiger partial charge in [-0.1, -0.05) is 23.7 Å². The SMILES string of the molecule is O=C(Nc1cc(Cl)ccc1Br)c1cccc2c1CCNC2. The van der Waals surface area contributed by atoms with Crippen LogP contribution in [-0.4, -0.2) is 12.5 Å². The molecule has 2 aromatic rings. The van der Waals surface area contributed by atoms with Gasteiger partial charge in [0.15, 0.2) is 0 Å². The Labute approximate surface area is 136 Å². The maximum atomic E-state index is 12.6. The second-order valence-electron chi connectivity index (χ2n) is 4.95. The Balaban J connectivity index is 1.91. The molecule has 0 unspecified atom stereocenters. The Hall–Kier alpha value is -1.36. The van der Waals surface area contributed by atoms with Crippen LogP contribution in [0.15, 0.2) is 40.9 Å². The number of rotatable bonds is 2. The number of anilines is 1. The third kappa shape index (κ3) is 3.12. The van der Waals surface area contributed by atoms with E-state index in [-0.39, 0.29) is 5.91 Å². The lowest BCUT2D eigenvalue weighted by Gasteiger charge is -2.20. The number of carbonyl (C=O) groups is 1. The molecule has 0 atom stereocenters. The van der Waals surface area contributed by atoms with Crippen LogP contribution in [0, 0.1) is 0 Å². The van der Waals surface area contributed by atoms with Crippen molar-refractivity contribution in [3.8, 4) is 0 Å². The third-order valence-corrected chi connectivity index (χ3v) is 4.49. The van der Waals surface area contributed by atoms with Crippen molar-refractivity contribution in [2.75, 3.05) is 11.9 Å². The van der Waals surface area contributed by atoms with E-state index in [0.717, 1.165) is 35.1 Å². The van der Waals surface area contributed by atoms with E-state index in [4.69, 9.17) is 11.6 Å².